The second-order valence-corrected chi connectivity index (χ2v) is 16.0. The molecule has 340 valence electrons. The van der Waals surface area contributed by atoms with Crippen LogP contribution in [0.2, 0.25) is 0 Å². The van der Waals surface area contributed by atoms with Crippen molar-refractivity contribution in [3.05, 3.63) is 18.2 Å². The molecule has 1 rings (SSSR count). The number of H-pyrrole nitrogens is 1. The minimum atomic E-state index is -1.66. The van der Waals surface area contributed by atoms with Gasteiger partial charge in [0.2, 0.25) is 41.4 Å². The standard InChI is InChI=1S/C36H64N12O10S2/c1-20(49)29(48-30(51)22(39)8-4-6-12-37)35(56)47-27(17-28(40)50)34(55)44-24(10-14-59-2)32(53)43-23(9-5-7-13-38)31(52)46-26(16-21-18-41-19-42-21)33(54)45-25(36(57)58)11-15-60-3/h18-20,22-27,29,49H,4-17,37-39H2,1-3H3,(H2,40,50)(H,41,42)(H,43,53)(H,44,55)(H,45,54)(H,46,52)(H,47,56)(H,48,51)(H,57,58)/t20-,22+,23+,24+,25+,26+,27+,29+/m1/s1. The number of unbranched alkanes of at least 4 members (excludes halogenated alkanes) is 2. The lowest BCUT2D eigenvalue weighted by atomic mass is 10.0. The number of nitrogens with zero attached hydrogens (tertiary/aromatic N) is 1. The number of aliphatic hydroxyl groups excluding tert-OH is 1. The van der Waals surface area contributed by atoms with Gasteiger partial charge in [-0.05, 0) is 89.0 Å². The van der Waals surface area contributed by atoms with E-state index >= 15 is 0 Å². The summed E-state index contributed by atoms with van der Waals surface area (Å²) in [5.74, 6) is -6.64. The molecule has 0 aliphatic rings. The summed E-state index contributed by atoms with van der Waals surface area (Å²) in [6.45, 7) is 1.90. The van der Waals surface area contributed by atoms with Gasteiger partial charge in [-0.25, -0.2) is 9.78 Å². The smallest absolute Gasteiger partial charge is 0.326 e. The number of carboxylic acids is 1. The molecular formula is C36H64N12O10S2. The van der Waals surface area contributed by atoms with Crippen molar-refractivity contribution < 1.29 is 48.6 Å². The number of imidazole rings is 1. The maximum Gasteiger partial charge on any atom is 0.326 e. The minimum Gasteiger partial charge on any atom is -0.480 e. The average molecular weight is 889 g/mol. The summed E-state index contributed by atoms with van der Waals surface area (Å²) in [6.07, 6.45) is 6.53. The molecule has 0 fully saturated rings. The molecule has 0 aromatic carbocycles. The molecule has 22 nitrogen and oxygen atoms in total. The third-order valence-electron chi connectivity index (χ3n) is 9.07. The number of aromatic nitrogens is 2. The Morgan fingerprint density at radius 1 is 0.683 bits per heavy atom. The van der Waals surface area contributed by atoms with Crippen LogP contribution in [0.1, 0.15) is 70.4 Å². The van der Waals surface area contributed by atoms with Gasteiger partial charge in [0.25, 0.3) is 0 Å². The topological polar surface area (TPSA) is 382 Å². The molecule has 0 unspecified atom stereocenters. The van der Waals surface area contributed by atoms with E-state index < -0.39 is 102 Å². The van der Waals surface area contributed by atoms with Gasteiger partial charge in [0.15, 0.2) is 0 Å². The van der Waals surface area contributed by atoms with Gasteiger partial charge >= 0.3 is 5.97 Å². The molecule has 1 aromatic heterocycles. The average Bonchev–Trinajstić information content (AvgIpc) is 3.71. The maximum atomic E-state index is 13.9. The minimum absolute atomic E-state index is 0.0268. The van der Waals surface area contributed by atoms with Crippen molar-refractivity contribution in [3.8, 4) is 0 Å². The first-order chi connectivity index (χ1) is 28.5. The molecular weight excluding hydrogens is 825 g/mol. The second kappa shape index (κ2) is 29.7. The van der Waals surface area contributed by atoms with E-state index in [0.29, 0.717) is 49.4 Å². The van der Waals surface area contributed by atoms with Crippen molar-refractivity contribution in [3.63, 3.8) is 0 Å². The first kappa shape index (κ1) is 53.5. The lowest BCUT2D eigenvalue weighted by molar-refractivity contribution is -0.142. The molecule has 7 amide bonds. The predicted octanol–water partition coefficient (Wildman–Crippen LogP) is -3.71. The molecule has 0 radical (unpaired) electrons. The van der Waals surface area contributed by atoms with Crippen LogP contribution in [-0.2, 0) is 44.8 Å². The number of nitrogens with two attached hydrogens (primary N) is 4. The Hall–Kier alpha value is -4.49. The number of primary amides is 1. The number of carboxylic acid groups (broad SMARTS) is 1. The largest absolute Gasteiger partial charge is 0.480 e. The van der Waals surface area contributed by atoms with Gasteiger partial charge in [-0.3, -0.25) is 33.6 Å². The number of aromatic amines is 1. The lowest BCUT2D eigenvalue weighted by Gasteiger charge is -2.28. The van der Waals surface area contributed by atoms with Crippen molar-refractivity contribution in [1.29, 1.82) is 0 Å². The fourth-order valence-electron chi connectivity index (χ4n) is 5.65. The lowest BCUT2D eigenvalue weighted by Crippen LogP contribution is -2.61. The summed E-state index contributed by atoms with van der Waals surface area (Å²) >= 11 is 2.74. The molecule has 0 aliphatic carbocycles. The molecule has 0 aliphatic heterocycles. The zero-order valence-corrected chi connectivity index (χ0v) is 36.0. The summed E-state index contributed by atoms with van der Waals surface area (Å²) in [6, 6.07) is -9.39. The molecule has 0 saturated carbocycles. The van der Waals surface area contributed by atoms with E-state index in [-0.39, 0.29) is 38.6 Å². The highest BCUT2D eigenvalue weighted by atomic mass is 32.2. The number of thioether (sulfide) groups is 2. The number of amides is 7. The van der Waals surface area contributed by atoms with E-state index in [1.54, 1.807) is 12.5 Å². The van der Waals surface area contributed by atoms with Gasteiger partial charge in [-0.1, -0.05) is 6.42 Å². The van der Waals surface area contributed by atoms with Gasteiger partial charge in [0, 0.05) is 18.3 Å². The quantitative estimate of drug-likeness (QED) is 0.0310. The van der Waals surface area contributed by atoms with E-state index in [1.807, 2.05) is 0 Å². The fraction of sp³-hybridized carbons (Fsp3) is 0.694. The van der Waals surface area contributed by atoms with Crippen molar-refractivity contribution in [2.45, 2.75) is 120 Å². The van der Waals surface area contributed by atoms with Crippen molar-refractivity contribution >= 4 is 70.8 Å². The number of aliphatic hydroxyl groups is 1. The Morgan fingerprint density at radius 2 is 1.17 bits per heavy atom. The summed E-state index contributed by atoms with van der Waals surface area (Å²) in [4.78, 5) is 112. The number of aliphatic carboxylic acids is 1. The van der Waals surface area contributed by atoms with Gasteiger partial charge in [0.1, 0.15) is 36.3 Å². The molecule has 17 N–H and O–H groups in total. The van der Waals surface area contributed by atoms with Gasteiger partial charge < -0.3 is 70.0 Å². The van der Waals surface area contributed by atoms with Crippen molar-refractivity contribution in [2.75, 3.05) is 37.1 Å². The summed E-state index contributed by atoms with van der Waals surface area (Å²) in [5, 5.41) is 35.0. The summed E-state index contributed by atoms with van der Waals surface area (Å²) in [7, 11) is 0. The third kappa shape index (κ3) is 20.7. The molecule has 0 bridgehead atoms. The number of carbonyl (C=O) groups excluding carboxylic acids is 7. The molecule has 1 heterocycles. The van der Waals surface area contributed by atoms with E-state index in [2.05, 4.69) is 41.9 Å². The molecule has 0 spiro atoms. The third-order valence-corrected chi connectivity index (χ3v) is 10.4. The Labute approximate surface area is 358 Å². The zero-order chi connectivity index (χ0) is 45.2. The van der Waals surface area contributed by atoms with E-state index in [1.165, 1.54) is 43.0 Å². The summed E-state index contributed by atoms with van der Waals surface area (Å²) in [5.41, 5.74) is 23.0. The normalized spacial score (nSPS) is 15.1. The number of nitrogens with one attached hydrogen (secondary N) is 7. The van der Waals surface area contributed by atoms with Crippen LogP contribution in [0, 0.1) is 0 Å². The van der Waals surface area contributed by atoms with Gasteiger partial charge in [0.05, 0.1) is 24.9 Å². The maximum absolute atomic E-state index is 13.9. The molecule has 0 saturated heterocycles. The number of carbonyl (C=O) groups is 8. The van der Waals surface area contributed by atoms with Crippen LogP contribution in [0.3, 0.4) is 0 Å². The van der Waals surface area contributed by atoms with Crippen LogP contribution in [0.4, 0.5) is 0 Å². The highest BCUT2D eigenvalue weighted by Gasteiger charge is 2.35. The highest BCUT2D eigenvalue weighted by Crippen LogP contribution is 2.10. The molecule has 24 heteroatoms. The van der Waals surface area contributed by atoms with Gasteiger partial charge in [-0.2, -0.15) is 23.5 Å². The zero-order valence-electron chi connectivity index (χ0n) is 34.4. The van der Waals surface area contributed by atoms with E-state index in [0.717, 1.165) is 0 Å². The van der Waals surface area contributed by atoms with Crippen LogP contribution in [0.5, 0.6) is 0 Å². The second-order valence-electron chi connectivity index (χ2n) is 14.1. The Kier molecular flexibility index (Phi) is 26.5. The van der Waals surface area contributed by atoms with Crippen molar-refractivity contribution in [1.82, 2.24) is 41.9 Å². The first-order valence-corrected chi connectivity index (χ1v) is 22.4. The Morgan fingerprint density at radius 3 is 1.67 bits per heavy atom. The first-order valence-electron chi connectivity index (χ1n) is 19.6. The molecule has 1 aromatic rings. The predicted molar refractivity (Wildman–Crippen MR) is 227 cm³/mol. The number of hydrogen-bond acceptors (Lipinski definition) is 15. The van der Waals surface area contributed by atoms with E-state index in [9.17, 15) is 48.6 Å². The van der Waals surface area contributed by atoms with Gasteiger partial charge in [-0.15, -0.1) is 0 Å². The molecule has 8 atom stereocenters. The highest BCUT2D eigenvalue weighted by molar-refractivity contribution is 7.98. The number of rotatable bonds is 32. The van der Waals surface area contributed by atoms with Crippen molar-refractivity contribution in [2.24, 2.45) is 22.9 Å². The fourth-order valence-corrected chi connectivity index (χ4v) is 6.59. The van der Waals surface area contributed by atoms with Crippen LogP contribution in [0.15, 0.2) is 12.5 Å². The molecule has 60 heavy (non-hydrogen) atoms. The number of hydrogen-bond donors (Lipinski definition) is 13. The summed E-state index contributed by atoms with van der Waals surface area (Å²) < 4.78 is 0. The Bertz CT molecular complexity index is 1520. The SMILES string of the molecule is CSCC[C@H](NC(=O)[C@H](Cc1cnc[nH]1)NC(=O)[C@H](CCCCN)NC(=O)[C@H](CCSC)NC(=O)[C@H](CC(N)=O)NC(=O)[C@@H](NC(=O)[C@@H](N)CCCCN)[C@@H](C)O)C(=O)O. The Balaban J connectivity index is 3.33. The van der Waals surface area contributed by atoms with E-state index in [4.69, 9.17) is 22.9 Å². The monoisotopic (exact) mass is 888 g/mol. The van der Waals surface area contributed by atoms with Crippen LogP contribution < -0.4 is 54.8 Å². The van der Waals surface area contributed by atoms with Crippen LogP contribution >= 0.6 is 23.5 Å². The van der Waals surface area contributed by atoms with Crippen LogP contribution in [0.25, 0.3) is 0 Å². The van der Waals surface area contributed by atoms with Crippen LogP contribution in [-0.4, -0.2) is 153 Å².